The van der Waals surface area contributed by atoms with Crippen LogP contribution in [0.1, 0.15) is 0 Å². The van der Waals surface area contributed by atoms with E-state index in [0.717, 1.165) is 0 Å². The molecule has 5 heteroatoms. The van der Waals surface area contributed by atoms with Crippen molar-refractivity contribution in [1.82, 2.24) is 4.98 Å². The summed E-state index contributed by atoms with van der Waals surface area (Å²) in [5.41, 5.74) is -0.149. The average molecular weight is 230 g/mol. The lowest BCUT2D eigenvalue weighted by Gasteiger charge is -2.02. The van der Waals surface area contributed by atoms with E-state index in [-0.39, 0.29) is 5.75 Å². The Bertz CT molecular complexity index is 562. The Morgan fingerprint density at radius 2 is 1.86 bits per heavy atom. The van der Waals surface area contributed by atoms with Crippen molar-refractivity contribution in [3.8, 4) is 5.75 Å². The summed E-state index contributed by atoms with van der Waals surface area (Å²) in [6, 6.07) is 4.48. The Kier molecular flexibility index (Phi) is 2.13. The fourth-order valence-electron chi connectivity index (χ4n) is 1.22. The Balaban J connectivity index is 3.01. The van der Waals surface area contributed by atoms with Crippen LogP contribution in [-0.2, 0) is 0 Å². The molecule has 72 valence electrons. The van der Waals surface area contributed by atoms with Gasteiger partial charge in [-0.15, -0.1) is 0 Å². The van der Waals surface area contributed by atoms with Crippen LogP contribution in [0.3, 0.4) is 0 Å². The van der Waals surface area contributed by atoms with Gasteiger partial charge < -0.3 is 10.1 Å². The fourth-order valence-corrected chi connectivity index (χ4v) is 1.64. The molecule has 0 amide bonds. The first kappa shape index (κ1) is 9.37. The van der Waals surface area contributed by atoms with Crippen LogP contribution < -0.4 is 5.56 Å². The third kappa shape index (κ3) is 1.35. The summed E-state index contributed by atoms with van der Waals surface area (Å²) in [4.78, 5) is 13.5. The average Bonchev–Trinajstić information content (AvgIpc) is 2.15. The maximum absolute atomic E-state index is 11.1. The number of hydrogen-bond acceptors (Lipinski definition) is 2. The van der Waals surface area contributed by atoms with Gasteiger partial charge in [-0.05, 0) is 18.2 Å². The number of rotatable bonds is 0. The zero-order valence-corrected chi connectivity index (χ0v) is 8.36. The summed E-state index contributed by atoms with van der Waals surface area (Å²) in [6.07, 6.45) is 0. The number of aromatic amines is 1. The quantitative estimate of drug-likeness (QED) is 0.730. The van der Waals surface area contributed by atoms with E-state index >= 15 is 0 Å². The zero-order chi connectivity index (χ0) is 10.3. The van der Waals surface area contributed by atoms with E-state index < -0.39 is 5.56 Å². The third-order valence-corrected chi connectivity index (χ3v) is 2.54. The Morgan fingerprint density at radius 1 is 1.21 bits per heavy atom. The van der Waals surface area contributed by atoms with E-state index in [1.807, 2.05) is 0 Å². The fraction of sp³-hybridized carbons (Fsp3) is 0. The summed E-state index contributed by atoms with van der Waals surface area (Å²) in [5.74, 6) is -0.373. The number of hydrogen-bond donors (Lipinski definition) is 2. The van der Waals surface area contributed by atoms with E-state index in [0.29, 0.717) is 20.9 Å². The van der Waals surface area contributed by atoms with Crippen LogP contribution >= 0.6 is 23.2 Å². The molecule has 2 rings (SSSR count). The molecule has 1 heterocycles. The lowest BCUT2D eigenvalue weighted by atomic mass is 10.2. The maximum Gasteiger partial charge on any atom is 0.290 e. The molecule has 0 saturated heterocycles. The highest BCUT2D eigenvalue weighted by atomic mass is 35.5. The SMILES string of the molecule is O=c1[nH]c2c(Cl)ccc(Cl)c2cc1O. The molecule has 0 fully saturated rings. The van der Waals surface area contributed by atoms with Crippen LogP contribution in [0.25, 0.3) is 10.9 Å². The van der Waals surface area contributed by atoms with E-state index in [1.165, 1.54) is 6.07 Å². The number of benzene rings is 1. The van der Waals surface area contributed by atoms with Gasteiger partial charge in [0.2, 0.25) is 0 Å². The topological polar surface area (TPSA) is 53.1 Å². The molecule has 0 unspecified atom stereocenters. The van der Waals surface area contributed by atoms with Crippen LogP contribution in [0.5, 0.6) is 5.75 Å². The van der Waals surface area contributed by atoms with Crippen molar-refractivity contribution >= 4 is 34.1 Å². The van der Waals surface area contributed by atoms with Crippen LogP contribution in [0.2, 0.25) is 10.0 Å². The molecule has 0 aliphatic carbocycles. The molecule has 0 bridgehead atoms. The second-order valence-corrected chi connectivity index (χ2v) is 3.62. The van der Waals surface area contributed by atoms with Gasteiger partial charge in [-0.1, -0.05) is 23.2 Å². The first-order valence-corrected chi connectivity index (χ1v) is 4.55. The molecule has 2 N–H and O–H groups in total. The molecule has 0 aliphatic rings. The van der Waals surface area contributed by atoms with Crippen molar-refractivity contribution in [3.05, 3.63) is 38.6 Å². The number of nitrogens with one attached hydrogen (secondary N) is 1. The largest absolute Gasteiger partial charge is 0.503 e. The van der Waals surface area contributed by atoms with Gasteiger partial charge in [0.25, 0.3) is 5.56 Å². The lowest BCUT2D eigenvalue weighted by molar-refractivity contribution is 0.468. The lowest BCUT2D eigenvalue weighted by Crippen LogP contribution is -2.04. The molecular weight excluding hydrogens is 225 g/mol. The zero-order valence-electron chi connectivity index (χ0n) is 6.84. The van der Waals surface area contributed by atoms with Crippen LogP contribution in [0.15, 0.2) is 23.0 Å². The number of halogens is 2. The molecular formula is C9H5Cl2NO2. The molecule has 2 aromatic rings. The highest BCUT2D eigenvalue weighted by Crippen LogP contribution is 2.28. The van der Waals surface area contributed by atoms with Gasteiger partial charge in [0.1, 0.15) is 0 Å². The Morgan fingerprint density at radius 3 is 2.57 bits per heavy atom. The predicted octanol–water partition coefficient (Wildman–Crippen LogP) is 2.54. The van der Waals surface area contributed by atoms with Crippen LogP contribution in [-0.4, -0.2) is 10.1 Å². The maximum atomic E-state index is 11.1. The summed E-state index contributed by atoms with van der Waals surface area (Å²) in [6.45, 7) is 0. The molecule has 1 aromatic heterocycles. The minimum atomic E-state index is -0.582. The van der Waals surface area contributed by atoms with Crippen molar-refractivity contribution in [2.24, 2.45) is 0 Å². The molecule has 0 saturated carbocycles. The number of aromatic hydroxyl groups is 1. The van der Waals surface area contributed by atoms with Gasteiger partial charge in [0.05, 0.1) is 15.6 Å². The van der Waals surface area contributed by atoms with Gasteiger partial charge in [0.15, 0.2) is 5.75 Å². The summed E-state index contributed by atoms with van der Waals surface area (Å²) >= 11 is 11.7. The summed E-state index contributed by atoms with van der Waals surface area (Å²) in [5, 5.41) is 10.5. The Hall–Kier alpha value is -1.19. The van der Waals surface area contributed by atoms with E-state index in [2.05, 4.69) is 4.98 Å². The van der Waals surface area contributed by atoms with Crippen molar-refractivity contribution in [2.75, 3.05) is 0 Å². The summed E-state index contributed by atoms with van der Waals surface area (Å²) in [7, 11) is 0. The van der Waals surface area contributed by atoms with Crippen molar-refractivity contribution in [1.29, 1.82) is 0 Å². The van der Waals surface area contributed by atoms with Crippen LogP contribution in [0, 0.1) is 0 Å². The molecule has 0 atom stereocenters. The molecule has 3 nitrogen and oxygen atoms in total. The van der Waals surface area contributed by atoms with Crippen molar-refractivity contribution in [2.45, 2.75) is 0 Å². The van der Waals surface area contributed by atoms with E-state index in [1.54, 1.807) is 12.1 Å². The van der Waals surface area contributed by atoms with Crippen LogP contribution in [0.4, 0.5) is 0 Å². The van der Waals surface area contributed by atoms with Gasteiger partial charge in [0, 0.05) is 5.39 Å². The molecule has 0 aliphatic heterocycles. The van der Waals surface area contributed by atoms with Crippen molar-refractivity contribution in [3.63, 3.8) is 0 Å². The molecule has 14 heavy (non-hydrogen) atoms. The summed E-state index contributed by atoms with van der Waals surface area (Å²) < 4.78 is 0. The molecule has 0 radical (unpaired) electrons. The smallest absolute Gasteiger partial charge is 0.290 e. The number of aromatic nitrogens is 1. The normalized spacial score (nSPS) is 10.7. The van der Waals surface area contributed by atoms with Gasteiger partial charge in [-0.25, -0.2) is 0 Å². The van der Waals surface area contributed by atoms with Gasteiger partial charge in [-0.2, -0.15) is 0 Å². The highest BCUT2D eigenvalue weighted by Gasteiger charge is 2.06. The standard InChI is InChI=1S/C9H5Cl2NO2/c10-5-1-2-6(11)8-4(5)3-7(13)9(14)12-8/h1-3,13H,(H,12,14). The number of fused-ring (bicyclic) bond motifs is 1. The third-order valence-electron chi connectivity index (χ3n) is 1.89. The molecule has 1 aromatic carbocycles. The highest BCUT2D eigenvalue weighted by molar-refractivity contribution is 6.39. The van der Waals surface area contributed by atoms with Crippen molar-refractivity contribution < 1.29 is 5.11 Å². The first-order valence-electron chi connectivity index (χ1n) is 3.79. The second kappa shape index (κ2) is 3.19. The minimum absolute atomic E-state index is 0.373. The number of H-pyrrole nitrogens is 1. The second-order valence-electron chi connectivity index (χ2n) is 2.80. The first-order chi connectivity index (χ1) is 6.59. The molecule has 0 spiro atoms. The van der Waals surface area contributed by atoms with E-state index in [4.69, 9.17) is 23.2 Å². The Labute approximate surface area is 88.9 Å². The number of pyridine rings is 1. The predicted molar refractivity (Wildman–Crippen MR) is 56.3 cm³/mol. The van der Waals surface area contributed by atoms with Gasteiger partial charge >= 0.3 is 0 Å². The van der Waals surface area contributed by atoms with E-state index in [9.17, 15) is 9.90 Å². The van der Waals surface area contributed by atoms with Gasteiger partial charge in [-0.3, -0.25) is 4.79 Å². The minimum Gasteiger partial charge on any atom is -0.503 e. The monoisotopic (exact) mass is 229 g/mol.